The van der Waals surface area contributed by atoms with Gasteiger partial charge in [-0.25, -0.2) is 5.43 Å². The molecule has 1 saturated heterocycles. The van der Waals surface area contributed by atoms with Crippen molar-refractivity contribution in [1.82, 2.24) is 15.2 Å². The van der Waals surface area contributed by atoms with E-state index in [0.717, 1.165) is 44.8 Å². The predicted molar refractivity (Wildman–Crippen MR) is 130 cm³/mol. The first-order chi connectivity index (χ1) is 15.7. The molecule has 5 nitrogen and oxygen atoms in total. The third kappa shape index (κ3) is 6.36. The van der Waals surface area contributed by atoms with Crippen molar-refractivity contribution in [3.63, 3.8) is 0 Å². The van der Waals surface area contributed by atoms with Gasteiger partial charge in [0.15, 0.2) is 0 Å². The summed E-state index contributed by atoms with van der Waals surface area (Å²) in [5.41, 5.74) is 7.96. The van der Waals surface area contributed by atoms with E-state index in [2.05, 4.69) is 50.7 Å². The van der Waals surface area contributed by atoms with Crippen molar-refractivity contribution in [2.24, 2.45) is 5.10 Å². The summed E-state index contributed by atoms with van der Waals surface area (Å²) in [4.78, 5) is 17.3. The molecule has 0 bridgehead atoms. The van der Waals surface area contributed by atoms with Crippen LogP contribution in [-0.2, 0) is 13.1 Å². The summed E-state index contributed by atoms with van der Waals surface area (Å²) in [6, 6.07) is 26.5. The van der Waals surface area contributed by atoms with Gasteiger partial charge in [0.2, 0.25) is 0 Å². The second-order valence-corrected chi connectivity index (χ2v) is 8.34. The zero-order chi connectivity index (χ0) is 22.2. The lowest BCUT2D eigenvalue weighted by Gasteiger charge is -2.34. The molecule has 1 aliphatic heterocycles. The quantitative estimate of drug-likeness (QED) is 0.458. The number of nitrogens with one attached hydrogen (secondary N) is 1. The van der Waals surface area contributed by atoms with Gasteiger partial charge in [0.25, 0.3) is 5.91 Å². The van der Waals surface area contributed by atoms with E-state index >= 15 is 0 Å². The van der Waals surface area contributed by atoms with Gasteiger partial charge >= 0.3 is 0 Å². The monoisotopic (exact) mass is 426 g/mol. The van der Waals surface area contributed by atoms with Crippen LogP contribution in [0.4, 0.5) is 0 Å². The molecule has 32 heavy (non-hydrogen) atoms. The highest BCUT2D eigenvalue weighted by Crippen LogP contribution is 2.12. The van der Waals surface area contributed by atoms with Crippen molar-refractivity contribution in [1.29, 1.82) is 0 Å². The summed E-state index contributed by atoms with van der Waals surface area (Å²) in [7, 11) is 0. The molecule has 1 N–H and O–H groups in total. The molecule has 0 unspecified atom stereocenters. The van der Waals surface area contributed by atoms with Crippen LogP contribution in [-0.4, -0.2) is 48.1 Å². The third-order valence-electron chi connectivity index (χ3n) is 5.79. The zero-order valence-corrected chi connectivity index (χ0v) is 18.6. The molecule has 0 spiro atoms. The first-order valence-electron chi connectivity index (χ1n) is 11.1. The van der Waals surface area contributed by atoms with Crippen LogP contribution in [0.3, 0.4) is 0 Å². The summed E-state index contributed by atoms with van der Waals surface area (Å²) >= 11 is 0. The van der Waals surface area contributed by atoms with E-state index in [1.807, 2.05) is 55.5 Å². The van der Waals surface area contributed by atoms with E-state index in [1.54, 1.807) is 6.21 Å². The lowest BCUT2D eigenvalue weighted by molar-refractivity contribution is 0.0955. The van der Waals surface area contributed by atoms with Crippen molar-refractivity contribution in [2.75, 3.05) is 26.2 Å². The van der Waals surface area contributed by atoms with E-state index in [0.29, 0.717) is 5.56 Å². The largest absolute Gasteiger partial charge is 0.297 e. The van der Waals surface area contributed by atoms with Gasteiger partial charge in [0.1, 0.15) is 0 Å². The molecule has 0 atom stereocenters. The summed E-state index contributed by atoms with van der Waals surface area (Å²) in [6.07, 6.45) is 1.66. The lowest BCUT2D eigenvalue weighted by Crippen LogP contribution is -2.45. The van der Waals surface area contributed by atoms with Gasteiger partial charge in [0.05, 0.1) is 6.21 Å². The number of amides is 1. The van der Waals surface area contributed by atoms with Crippen LogP contribution in [0.15, 0.2) is 84.0 Å². The Labute approximate surface area is 190 Å². The van der Waals surface area contributed by atoms with Gasteiger partial charge in [-0.2, -0.15) is 5.10 Å². The molecule has 1 fully saturated rings. The zero-order valence-electron chi connectivity index (χ0n) is 18.6. The standard InChI is InChI=1S/C27H30N4O/c1-22-7-9-23(10-8-22)19-28-29-27(32)26-13-11-25(12-14-26)21-31-17-15-30(16-18-31)20-24-5-3-2-4-6-24/h2-14,19H,15-18,20-21H2,1H3,(H,29,32)/b28-19-. The van der Waals surface area contributed by atoms with E-state index < -0.39 is 0 Å². The molecule has 4 rings (SSSR count). The number of nitrogens with zero attached hydrogens (tertiary/aromatic N) is 3. The Morgan fingerprint density at radius 2 is 1.38 bits per heavy atom. The molecule has 0 aromatic heterocycles. The van der Waals surface area contributed by atoms with Gasteiger partial charge in [-0.05, 0) is 35.7 Å². The highest BCUT2D eigenvalue weighted by molar-refractivity contribution is 5.94. The van der Waals surface area contributed by atoms with Crippen molar-refractivity contribution >= 4 is 12.1 Å². The van der Waals surface area contributed by atoms with E-state index in [9.17, 15) is 4.79 Å². The van der Waals surface area contributed by atoms with Gasteiger partial charge < -0.3 is 0 Å². The fourth-order valence-corrected chi connectivity index (χ4v) is 3.85. The van der Waals surface area contributed by atoms with Crippen molar-refractivity contribution in [3.8, 4) is 0 Å². The Balaban J connectivity index is 1.22. The number of hydrazone groups is 1. The molecule has 0 saturated carbocycles. The lowest BCUT2D eigenvalue weighted by atomic mass is 10.1. The third-order valence-corrected chi connectivity index (χ3v) is 5.79. The highest BCUT2D eigenvalue weighted by Gasteiger charge is 2.17. The van der Waals surface area contributed by atoms with E-state index in [4.69, 9.17) is 0 Å². The Bertz CT molecular complexity index is 1020. The minimum Gasteiger partial charge on any atom is -0.297 e. The number of carbonyl (C=O) groups is 1. The summed E-state index contributed by atoms with van der Waals surface area (Å²) in [5, 5.41) is 4.06. The van der Waals surface area contributed by atoms with Gasteiger partial charge in [-0.3, -0.25) is 14.6 Å². The summed E-state index contributed by atoms with van der Waals surface area (Å²) in [6.45, 7) is 8.24. The fourth-order valence-electron chi connectivity index (χ4n) is 3.85. The Kier molecular flexibility index (Phi) is 7.43. The number of hydrogen-bond acceptors (Lipinski definition) is 4. The van der Waals surface area contributed by atoms with Crippen molar-refractivity contribution in [3.05, 3.63) is 107 Å². The smallest absolute Gasteiger partial charge is 0.271 e. The molecule has 1 heterocycles. The number of benzene rings is 3. The van der Waals surface area contributed by atoms with Gasteiger partial charge in [-0.1, -0.05) is 72.3 Å². The van der Waals surface area contributed by atoms with Crippen LogP contribution in [0, 0.1) is 6.92 Å². The maximum absolute atomic E-state index is 12.3. The average Bonchev–Trinajstić information content (AvgIpc) is 2.83. The fraction of sp³-hybridized carbons (Fsp3) is 0.259. The SMILES string of the molecule is Cc1ccc(/C=N\NC(=O)c2ccc(CN3CCN(Cc4ccccc4)CC3)cc2)cc1. The van der Waals surface area contributed by atoms with Crippen molar-refractivity contribution in [2.45, 2.75) is 20.0 Å². The number of rotatable bonds is 7. The molecule has 1 amide bonds. The van der Waals surface area contributed by atoms with Crippen molar-refractivity contribution < 1.29 is 4.79 Å². The normalized spacial score (nSPS) is 15.2. The molecular formula is C27H30N4O. The van der Waals surface area contributed by atoms with Crippen LogP contribution in [0.2, 0.25) is 0 Å². The maximum atomic E-state index is 12.3. The number of piperazine rings is 1. The highest BCUT2D eigenvalue weighted by atomic mass is 16.2. The van der Waals surface area contributed by atoms with Gasteiger partial charge in [0, 0.05) is 44.8 Å². The minimum atomic E-state index is -0.200. The molecule has 0 radical (unpaired) electrons. The molecule has 164 valence electrons. The Morgan fingerprint density at radius 1 is 0.812 bits per heavy atom. The maximum Gasteiger partial charge on any atom is 0.271 e. The first kappa shape index (κ1) is 21.9. The van der Waals surface area contributed by atoms with Crippen LogP contribution in [0.5, 0.6) is 0 Å². The van der Waals surface area contributed by atoms with Gasteiger partial charge in [-0.15, -0.1) is 0 Å². The predicted octanol–water partition coefficient (Wildman–Crippen LogP) is 4.08. The average molecular weight is 427 g/mol. The van der Waals surface area contributed by atoms with Crippen LogP contribution in [0.1, 0.15) is 32.6 Å². The van der Waals surface area contributed by atoms with E-state index in [1.165, 1.54) is 16.7 Å². The number of carbonyl (C=O) groups excluding carboxylic acids is 1. The second-order valence-electron chi connectivity index (χ2n) is 8.34. The summed E-state index contributed by atoms with van der Waals surface area (Å²) < 4.78 is 0. The molecular weight excluding hydrogens is 396 g/mol. The molecule has 3 aromatic carbocycles. The number of aryl methyl sites for hydroxylation is 1. The van der Waals surface area contributed by atoms with E-state index in [-0.39, 0.29) is 5.91 Å². The number of hydrogen-bond donors (Lipinski definition) is 1. The molecule has 3 aromatic rings. The summed E-state index contributed by atoms with van der Waals surface area (Å²) in [5.74, 6) is -0.200. The Morgan fingerprint density at radius 3 is 1.97 bits per heavy atom. The molecule has 0 aliphatic carbocycles. The van der Waals surface area contributed by atoms with Crippen LogP contribution < -0.4 is 5.43 Å². The first-order valence-corrected chi connectivity index (χ1v) is 11.1. The topological polar surface area (TPSA) is 47.9 Å². The minimum absolute atomic E-state index is 0.200. The Hall–Kier alpha value is -3.28. The van der Waals surface area contributed by atoms with Crippen LogP contribution in [0.25, 0.3) is 0 Å². The second kappa shape index (κ2) is 10.8. The van der Waals surface area contributed by atoms with Crippen LogP contribution >= 0.6 is 0 Å². The molecule has 1 aliphatic rings. The molecule has 5 heteroatoms.